The first-order valence-corrected chi connectivity index (χ1v) is 8.71. The standard InChI is InChI=1S/C21H23ClN2O3/c1-14-7-6-8-19(21(24-26-5)16(3)25-4)20(14)13-27-23-15(2)17-9-11-18(22)12-10-17/h6-12H,3,13H2,1-2,4-5H3/b23-15+,24-21-. The number of nitrogens with zero attached hydrogens (tertiary/aromatic N) is 2. The summed E-state index contributed by atoms with van der Waals surface area (Å²) in [6.07, 6.45) is 0. The molecule has 0 atom stereocenters. The number of oxime groups is 2. The van der Waals surface area contributed by atoms with Crippen LogP contribution in [0.3, 0.4) is 0 Å². The topological polar surface area (TPSA) is 52.4 Å². The van der Waals surface area contributed by atoms with E-state index in [1.807, 2.05) is 56.3 Å². The molecule has 5 nitrogen and oxygen atoms in total. The lowest BCUT2D eigenvalue weighted by molar-refractivity contribution is 0.130. The van der Waals surface area contributed by atoms with Crippen molar-refractivity contribution in [3.8, 4) is 0 Å². The predicted octanol–water partition coefficient (Wildman–Crippen LogP) is 5.10. The first-order chi connectivity index (χ1) is 13.0. The molecule has 0 N–H and O–H groups in total. The van der Waals surface area contributed by atoms with E-state index < -0.39 is 0 Å². The van der Waals surface area contributed by atoms with Crippen LogP contribution >= 0.6 is 11.6 Å². The molecule has 0 unspecified atom stereocenters. The summed E-state index contributed by atoms with van der Waals surface area (Å²) >= 11 is 5.92. The second-order valence-corrected chi connectivity index (χ2v) is 6.24. The predicted molar refractivity (Wildman–Crippen MR) is 109 cm³/mol. The van der Waals surface area contributed by atoms with E-state index >= 15 is 0 Å². The molecule has 0 saturated carbocycles. The number of hydrogen-bond donors (Lipinski definition) is 0. The molecule has 0 aliphatic carbocycles. The summed E-state index contributed by atoms with van der Waals surface area (Å²) < 4.78 is 5.24. The molecule has 2 rings (SSSR count). The summed E-state index contributed by atoms with van der Waals surface area (Å²) in [6.45, 7) is 8.03. The van der Waals surface area contributed by atoms with Gasteiger partial charge in [0.1, 0.15) is 19.5 Å². The maximum Gasteiger partial charge on any atom is 0.151 e. The highest BCUT2D eigenvalue weighted by Gasteiger charge is 2.16. The molecule has 0 saturated heterocycles. The van der Waals surface area contributed by atoms with Gasteiger partial charge in [0.25, 0.3) is 0 Å². The summed E-state index contributed by atoms with van der Waals surface area (Å²) in [5, 5.41) is 8.96. The van der Waals surface area contributed by atoms with Crippen LogP contribution in [0.15, 0.2) is 65.1 Å². The van der Waals surface area contributed by atoms with Gasteiger partial charge in [0.15, 0.2) is 5.71 Å². The van der Waals surface area contributed by atoms with Crippen LogP contribution in [-0.2, 0) is 21.0 Å². The quantitative estimate of drug-likeness (QED) is 0.360. The van der Waals surface area contributed by atoms with Gasteiger partial charge in [-0.15, -0.1) is 0 Å². The van der Waals surface area contributed by atoms with Gasteiger partial charge in [-0.25, -0.2) is 0 Å². The molecule has 2 aromatic rings. The zero-order chi connectivity index (χ0) is 19.8. The van der Waals surface area contributed by atoms with Crippen molar-refractivity contribution in [1.82, 2.24) is 0 Å². The highest BCUT2D eigenvalue weighted by Crippen LogP contribution is 2.20. The summed E-state index contributed by atoms with van der Waals surface area (Å²) in [6, 6.07) is 13.3. The van der Waals surface area contributed by atoms with Gasteiger partial charge in [-0.05, 0) is 37.1 Å². The van der Waals surface area contributed by atoms with Crippen LogP contribution in [-0.4, -0.2) is 25.6 Å². The lowest BCUT2D eigenvalue weighted by Crippen LogP contribution is -2.11. The number of ether oxygens (including phenoxy) is 1. The second-order valence-electron chi connectivity index (χ2n) is 5.81. The third-order valence-electron chi connectivity index (χ3n) is 4.03. The third kappa shape index (κ3) is 5.34. The minimum Gasteiger partial charge on any atom is -0.495 e. The Morgan fingerprint density at radius 1 is 1.07 bits per heavy atom. The van der Waals surface area contributed by atoms with E-state index in [1.54, 1.807) is 7.11 Å². The van der Waals surface area contributed by atoms with Crippen LogP contribution in [0.4, 0.5) is 0 Å². The Morgan fingerprint density at radius 3 is 2.41 bits per heavy atom. The van der Waals surface area contributed by atoms with Crippen molar-refractivity contribution < 1.29 is 14.4 Å². The molecular weight excluding hydrogens is 364 g/mol. The highest BCUT2D eigenvalue weighted by atomic mass is 35.5. The van der Waals surface area contributed by atoms with Gasteiger partial charge in [0.2, 0.25) is 0 Å². The van der Waals surface area contributed by atoms with Crippen molar-refractivity contribution in [2.45, 2.75) is 20.5 Å². The SMILES string of the molecule is C=C(OC)/C(=N/OC)c1cccc(C)c1CO/N=C(\C)c1ccc(Cl)cc1. The largest absolute Gasteiger partial charge is 0.495 e. The van der Waals surface area contributed by atoms with Gasteiger partial charge in [-0.3, -0.25) is 0 Å². The molecule has 0 fully saturated rings. The second kappa shape index (κ2) is 9.78. The van der Waals surface area contributed by atoms with Gasteiger partial charge in [0, 0.05) is 16.1 Å². The Hall–Kier alpha value is -2.79. The van der Waals surface area contributed by atoms with E-state index in [2.05, 4.69) is 16.9 Å². The highest BCUT2D eigenvalue weighted by molar-refractivity contribution is 6.30. The maximum atomic E-state index is 5.92. The molecule has 6 heteroatoms. The van der Waals surface area contributed by atoms with Crippen LogP contribution in [0.25, 0.3) is 0 Å². The number of aryl methyl sites for hydroxylation is 1. The minimum absolute atomic E-state index is 0.271. The van der Waals surface area contributed by atoms with Gasteiger partial charge in [0.05, 0.1) is 12.8 Å². The summed E-state index contributed by atoms with van der Waals surface area (Å²) in [4.78, 5) is 10.6. The number of hydrogen-bond acceptors (Lipinski definition) is 5. The third-order valence-corrected chi connectivity index (χ3v) is 4.28. The van der Waals surface area contributed by atoms with Gasteiger partial charge >= 0.3 is 0 Å². The number of benzene rings is 2. The normalized spacial score (nSPS) is 11.9. The fourth-order valence-corrected chi connectivity index (χ4v) is 2.62. The molecule has 0 bridgehead atoms. The van der Waals surface area contributed by atoms with Crippen LogP contribution in [0, 0.1) is 6.92 Å². The molecule has 0 radical (unpaired) electrons. The molecule has 0 spiro atoms. The Kier molecular flexibility index (Phi) is 7.44. The molecule has 0 aromatic heterocycles. The molecule has 2 aromatic carbocycles. The van der Waals surface area contributed by atoms with Crippen molar-refractivity contribution in [1.29, 1.82) is 0 Å². The average Bonchev–Trinajstić information content (AvgIpc) is 2.67. The zero-order valence-electron chi connectivity index (χ0n) is 16.0. The molecule has 27 heavy (non-hydrogen) atoms. The van der Waals surface area contributed by atoms with Gasteiger partial charge in [-0.2, -0.15) is 0 Å². The summed E-state index contributed by atoms with van der Waals surface area (Å²) in [5.41, 5.74) is 5.01. The average molecular weight is 387 g/mol. The number of rotatable bonds is 8. The smallest absolute Gasteiger partial charge is 0.151 e. The molecule has 0 amide bonds. The Labute approximate surface area is 164 Å². The van der Waals surface area contributed by atoms with E-state index in [4.69, 9.17) is 26.0 Å². The minimum atomic E-state index is 0.271. The lowest BCUT2D eigenvalue weighted by atomic mass is 9.98. The van der Waals surface area contributed by atoms with Crippen molar-refractivity contribution >= 4 is 23.0 Å². The first kappa shape index (κ1) is 20.5. The van der Waals surface area contributed by atoms with Crippen LogP contribution in [0.2, 0.25) is 5.02 Å². The van der Waals surface area contributed by atoms with Crippen molar-refractivity contribution in [2.24, 2.45) is 10.3 Å². The number of allylic oxidation sites excluding steroid dienone is 1. The molecule has 0 heterocycles. The van der Waals surface area contributed by atoms with Gasteiger partial charge < -0.3 is 14.4 Å². The Balaban J connectivity index is 2.26. The first-order valence-electron chi connectivity index (χ1n) is 8.33. The molecule has 0 aliphatic heterocycles. The van der Waals surface area contributed by atoms with Crippen LogP contribution in [0.1, 0.15) is 29.2 Å². The van der Waals surface area contributed by atoms with Crippen LogP contribution < -0.4 is 0 Å². The van der Waals surface area contributed by atoms with E-state index in [9.17, 15) is 0 Å². The van der Waals surface area contributed by atoms with Crippen molar-refractivity contribution in [3.05, 3.63) is 82.1 Å². The van der Waals surface area contributed by atoms with E-state index in [0.29, 0.717) is 16.5 Å². The summed E-state index contributed by atoms with van der Waals surface area (Å²) in [5.74, 6) is 0.407. The molecule has 142 valence electrons. The fourth-order valence-electron chi connectivity index (χ4n) is 2.49. The van der Waals surface area contributed by atoms with Crippen molar-refractivity contribution in [2.75, 3.05) is 14.2 Å². The molecule has 0 aliphatic rings. The number of methoxy groups -OCH3 is 1. The van der Waals surface area contributed by atoms with Crippen molar-refractivity contribution in [3.63, 3.8) is 0 Å². The van der Waals surface area contributed by atoms with Crippen LogP contribution in [0.5, 0.6) is 0 Å². The Morgan fingerprint density at radius 2 is 1.78 bits per heavy atom. The van der Waals surface area contributed by atoms with E-state index in [-0.39, 0.29) is 6.61 Å². The van der Waals surface area contributed by atoms with E-state index in [0.717, 1.165) is 28.0 Å². The monoisotopic (exact) mass is 386 g/mol. The lowest BCUT2D eigenvalue weighted by Gasteiger charge is -2.14. The number of halogens is 1. The fraction of sp³-hybridized carbons (Fsp3) is 0.238. The maximum absolute atomic E-state index is 5.92. The zero-order valence-corrected chi connectivity index (χ0v) is 16.7. The summed E-state index contributed by atoms with van der Waals surface area (Å²) in [7, 11) is 3.02. The van der Waals surface area contributed by atoms with Gasteiger partial charge in [-0.1, -0.05) is 58.8 Å². The van der Waals surface area contributed by atoms with E-state index in [1.165, 1.54) is 7.11 Å². The Bertz CT molecular complexity index is 858. The molecular formula is C21H23ClN2O3.